The number of hydrogen-bond acceptors (Lipinski definition) is 4. The van der Waals surface area contributed by atoms with Crippen LogP contribution in [0, 0.1) is 5.92 Å². The number of nitrogens with one attached hydrogen (secondary N) is 1. The van der Waals surface area contributed by atoms with E-state index in [2.05, 4.69) is 26.5 Å². The molecule has 2 N–H and O–H groups in total. The number of para-hydroxylation sites is 1. The number of halogens is 1. The van der Waals surface area contributed by atoms with Gasteiger partial charge in [0.15, 0.2) is 0 Å². The second-order valence-electron chi connectivity index (χ2n) is 5.67. The Morgan fingerprint density at radius 3 is 2.68 bits per heavy atom. The number of hydrogen-bond donors (Lipinski definition) is 2. The third-order valence-electron chi connectivity index (χ3n) is 3.95. The summed E-state index contributed by atoms with van der Waals surface area (Å²) in [5, 5.41) is 13.5. The van der Waals surface area contributed by atoms with Crippen LogP contribution in [0.15, 0.2) is 58.1 Å². The molecule has 128 valence electrons. The minimum Gasteiger partial charge on any atom is -0.507 e. The molecule has 2 aromatic carbocycles. The number of benzene rings is 2. The van der Waals surface area contributed by atoms with Crippen molar-refractivity contribution in [3.8, 4) is 5.75 Å². The number of hydrazone groups is 1. The van der Waals surface area contributed by atoms with Gasteiger partial charge in [0.25, 0.3) is 0 Å². The smallest absolute Gasteiger partial charge is 0.245 e. The Bertz CT molecular complexity index is 821. The van der Waals surface area contributed by atoms with Crippen LogP contribution in [0.25, 0.3) is 0 Å². The van der Waals surface area contributed by atoms with Crippen molar-refractivity contribution >= 4 is 39.6 Å². The number of phenols is 1. The summed E-state index contributed by atoms with van der Waals surface area (Å²) in [5.74, 6) is -0.789. The number of nitrogens with zero attached hydrogens (tertiary/aromatic N) is 2. The predicted octanol–water partition coefficient (Wildman–Crippen LogP) is 2.66. The topological polar surface area (TPSA) is 82.0 Å². The Balaban J connectivity index is 1.61. The minimum absolute atomic E-state index is 0.0814. The highest BCUT2D eigenvalue weighted by Crippen LogP contribution is 2.26. The van der Waals surface area contributed by atoms with E-state index in [-0.39, 0.29) is 24.0 Å². The highest BCUT2D eigenvalue weighted by Gasteiger charge is 2.35. The van der Waals surface area contributed by atoms with E-state index in [1.807, 2.05) is 24.3 Å². The van der Waals surface area contributed by atoms with Gasteiger partial charge in [0.2, 0.25) is 11.8 Å². The Morgan fingerprint density at radius 1 is 1.24 bits per heavy atom. The zero-order valence-electron chi connectivity index (χ0n) is 13.2. The van der Waals surface area contributed by atoms with E-state index in [1.165, 1.54) is 12.3 Å². The second kappa shape index (κ2) is 7.48. The molecule has 0 aliphatic carbocycles. The van der Waals surface area contributed by atoms with E-state index in [4.69, 9.17) is 0 Å². The molecule has 1 fully saturated rings. The number of carbonyl (C=O) groups excluding carboxylic acids is 2. The van der Waals surface area contributed by atoms with Crippen LogP contribution in [0.1, 0.15) is 12.0 Å². The van der Waals surface area contributed by atoms with Gasteiger partial charge in [-0.25, -0.2) is 5.43 Å². The molecule has 0 saturated carbocycles. The fourth-order valence-corrected chi connectivity index (χ4v) is 2.87. The summed E-state index contributed by atoms with van der Waals surface area (Å²) < 4.78 is 0.927. The van der Waals surface area contributed by atoms with Crippen molar-refractivity contribution in [2.24, 2.45) is 11.0 Å². The summed E-state index contributed by atoms with van der Waals surface area (Å²) in [5.41, 5.74) is 3.70. The summed E-state index contributed by atoms with van der Waals surface area (Å²) >= 11 is 3.36. The van der Waals surface area contributed by atoms with Gasteiger partial charge in [0, 0.05) is 28.7 Å². The predicted molar refractivity (Wildman–Crippen MR) is 98.4 cm³/mol. The van der Waals surface area contributed by atoms with Gasteiger partial charge in [-0.15, -0.1) is 0 Å². The molecule has 0 radical (unpaired) electrons. The molecule has 0 unspecified atom stereocenters. The van der Waals surface area contributed by atoms with Crippen LogP contribution in [0.3, 0.4) is 0 Å². The summed E-state index contributed by atoms with van der Waals surface area (Å²) in [4.78, 5) is 26.0. The van der Waals surface area contributed by atoms with Crippen LogP contribution in [0.4, 0.5) is 5.69 Å². The molecule has 1 aliphatic rings. The minimum atomic E-state index is -0.460. The molecule has 25 heavy (non-hydrogen) atoms. The normalized spacial score (nSPS) is 17.2. The highest BCUT2D eigenvalue weighted by molar-refractivity contribution is 9.10. The SMILES string of the molecule is O=C(N/N=C/c1ccccc1O)[C@H]1CC(=O)N(c2ccc(Br)cc2)C1. The maximum Gasteiger partial charge on any atom is 0.245 e. The second-order valence-corrected chi connectivity index (χ2v) is 6.59. The molecular formula is C18H16BrN3O3. The van der Waals surface area contributed by atoms with Gasteiger partial charge in [-0.1, -0.05) is 28.1 Å². The van der Waals surface area contributed by atoms with Crippen LogP contribution in [-0.4, -0.2) is 29.7 Å². The first kappa shape index (κ1) is 17.2. The molecule has 2 amide bonds. The third kappa shape index (κ3) is 4.06. The van der Waals surface area contributed by atoms with E-state index >= 15 is 0 Å². The monoisotopic (exact) mass is 401 g/mol. The van der Waals surface area contributed by atoms with Crippen LogP contribution >= 0.6 is 15.9 Å². The molecule has 2 aromatic rings. The summed E-state index contributed by atoms with van der Waals surface area (Å²) in [7, 11) is 0. The number of phenolic OH excluding ortho intramolecular Hbond substituents is 1. The van der Waals surface area contributed by atoms with Crippen molar-refractivity contribution in [1.82, 2.24) is 5.43 Å². The van der Waals surface area contributed by atoms with Gasteiger partial charge >= 0.3 is 0 Å². The lowest BCUT2D eigenvalue weighted by molar-refractivity contribution is -0.126. The lowest BCUT2D eigenvalue weighted by Crippen LogP contribution is -2.30. The van der Waals surface area contributed by atoms with Crippen LogP contribution in [-0.2, 0) is 9.59 Å². The molecule has 0 spiro atoms. The first-order valence-electron chi connectivity index (χ1n) is 7.71. The van der Waals surface area contributed by atoms with E-state index in [1.54, 1.807) is 23.1 Å². The number of aromatic hydroxyl groups is 1. The van der Waals surface area contributed by atoms with Gasteiger partial charge < -0.3 is 10.0 Å². The van der Waals surface area contributed by atoms with Crippen molar-refractivity contribution in [2.75, 3.05) is 11.4 Å². The Hall–Kier alpha value is -2.67. The van der Waals surface area contributed by atoms with Crippen molar-refractivity contribution in [3.05, 3.63) is 58.6 Å². The fraction of sp³-hybridized carbons (Fsp3) is 0.167. The van der Waals surface area contributed by atoms with E-state index in [0.717, 1.165) is 10.2 Å². The van der Waals surface area contributed by atoms with Gasteiger partial charge in [0.1, 0.15) is 5.75 Å². The lowest BCUT2D eigenvalue weighted by Gasteiger charge is -2.16. The molecule has 6 nitrogen and oxygen atoms in total. The Labute approximate surface area is 153 Å². The third-order valence-corrected chi connectivity index (χ3v) is 4.48. The summed E-state index contributed by atoms with van der Waals surface area (Å²) in [6.45, 7) is 0.318. The van der Waals surface area contributed by atoms with Crippen LogP contribution in [0.5, 0.6) is 5.75 Å². The number of rotatable bonds is 4. The Morgan fingerprint density at radius 2 is 1.96 bits per heavy atom. The van der Waals surface area contributed by atoms with Gasteiger partial charge in [-0.3, -0.25) is 9.59 Å². The average Bonchev–Trinajstić information content (AvgIpc) is 2.99. The molecule has 1 atom stereocenters. The van der Waals surface area contributed by atoms with Crippen molar-refractivity contribution in [2.45, 2.75) is 6.42 Å². The van der Waals surface area contributed by atoms with E-state index in [9.17, 15) is 14.7 Å². The summed E-state index contributed by atoms with van der Waals surface area (Å²) in [6, 6.07) is 14.0. The quantitative estimate of drug-likeness (QED) is 0.610. The maximum atomic E-state index is 12.2. The molecular weight excluding hydrogens is 386 g/mol. The van der Waals surface area contributed by atoms with Gasteiger partial charge in [-0.2, -0.15) is 5.10 Å². The largest absolute Gasteiger partial charge is 0.507 e. The van der Waals surface area contributed by atoms with Crippen molar-refractivity contribution in [1.29, 1.82) is 0 Å². The molecule has 1 aliphatic heterocycles. The molecule has 1 heterocycles. The average molecular weight is 402 g/mol. The molecule has 0 aromatic heterocycles. The first-order chi connectivity index (χ1) is 12.0. The van der Waals surface area contributed by atoms with Crippen LogP contribution in [0.2, 0.25) is 0 Å². The number of amides is 2. The van der Waals surface area contributed by atoms with Crippen molar-refractivity contribution < 1.29 is 14.7 Å². The molecule has 7 heteroatoms. The zero-order chi connectivity index (χ0) is 17.8. The molecule has 0 bridgehead atoms. The zero-order valence-corrected chi connectivity index (χ0v) is 14.8. The highest BCUT2D eigenvalue weighted by atomic mass is 79.9. The number of carbonyl (C=O) groups is 2. The van der Waals surface area contributed by atoms with E-state index in [0.29, 0.717) is 12.1 Å². The molecule has 3 rings (SSSR count). The van der Waals surface area contributed by atoms with E-state index < -0.39 is 5.92 Å². The standard InChI is InChI=1S/C18H16BrN3O3/c19-14-5-7-15(8-6-14)22-11-13(9-17(22)24)18(25)21-20-10-12-3-1-2-4-16(12)23/h1-8,10,13,23H,9,11H2,(H,21,25)/b20-10+/t13-/m0/s1. The first-order valence-corrected chi connectivity index (χ1v) is 8.51. The van der Waals surface area contributed by atoms with Crippen molar-refractivity contribution in [3.63, 3.8) is 0 Å². The Kier molecular flexibility index (Phi) is 5.14. The summed E-state index contributed by atoms with van der Waals surface area (Å²) in [6.07, 6.45) is 1.52. The molecule has 1 saturated heterocycles. The van der Waals surface area contributed by atoms with Gasteiger partial charge in [0.05, 0.1) is 12.1 Å². The van der Waals surface area contributed by atoms with Crippen LogP contribution < -0.4 is 10.3 Å². The lowest BCUT2D eigenvalue weighted by atomic mass is 10.1. The van der Waals surface area contributed by atoms with Gasteiger partial charge in [-0.05, 0) is 36.4 Å². The fourth-order valence-electron chi connectivity index (χ4n) is 2.61. The maximum absolute atomic E-state index is 12.2. The number of anilines is 1.